The number of aliphatic hydroxyl groups excluding tert-OH is 1. The van der Waals surface area contributed by atoms with Crippen LogP contribution in [0.5, 0.6) is 0 Å². The Balaban J connectivity index is 2.18. The second-order valence-electron chi connectivity index (χ2n) is 5.04. The van der Waals surface area contributed by atoms with E-state index in [1.54, 1.807) is 0 Å². The zero-order valence-corrected chi connectivity index (χ0v) is 11.5. The van der Waals surface area contributed by atoms with Gasteiger partial charge in [0, 0.05) is 12.6 Å². The van der Waals surface area contributed by atoms with Crippen LogP contribution in [0.15, 0.2) is 30.3 Å². The lowest BCUT2D eigenvalue weighted by molar-refractivity contribution is -0.151. The molecule has 1 aliphatic heterocycles. The fourth-order valence-electron chi connectivity index (χ4n) is 2.72. The van der Waals surface area contributed by atoms with Gasteiger partial charge in [-0.25, -0.2) is 0 Å². The Morgan fingerprint density at radius 1 is 1.42 bits per heavy atom. The summed E-state index contributed by atoms with van der Waals surface area (Å²) in [5.74, 6) is -0.262. The number of methoxy groups -OCH3 is 1. The molecule has 0 radical (unpaired) electrons. The van der Waals surface area contributed by atoms with Crippen molar-refractivity contribution in [2.45, 2.75) is 38.0 Å². The van der Waals surface area contributed by atoms with E-state index in [-0.39, 0.29) is 18.1 Å². The molecule has 1 N–H and O–H groups in total. The van der Waals surface area contributed by atoms with Crippen molar-refractivity contribution >= 4 is 5.97 Å². The van der Waals surface area contributed by atoms with Crippen molar-refractivity contribution in [3.63, 3.8) is 0 Å². The number of hydrogen-bond donors (Lipinski definition) is 1. The predicted molar refractivity (Wildman–Crippen MR) is 72.6 cm³/mol. The first-order chi connectivity index (χ1) is 9.13. The summed E-state index contributed by atoms with van der Waals surface area (Å²) in [5.41, 5.74) is 1.17. The van der Waals surface area contributed by atoms with Crippen LogP contribution in [0, 0.1) is 0 Å². The molecule has 0 aromatic heterocycles. The zero-order chi connectivity index (χ0) is 13.8. The average Bonchev–Trinajstić information content (AvgIpc) is 2.46. The SMILES string of the molecule is COC(=O)[C@H]1C[C@@H](O)CCN1[C@@H](C)c1ccccc1. The van der Waals surface area contributed by atoms with Gasteiger partial charge in [0.25, 0.3) is 0 Å². The molecule has 0 bridgehead atoms. The van der Waals surface area contributed by atoms with Gasteiger partial charge in [-0.05, 0) is 25.3 Å². The lowest BCUT2D eigenvalue weighted by Gasteiger charge is -2.40. The third kappa shape index (κ3) is 3.14. The molecule has 4 nitrogen and oxygen atoms in total. The normalized spacial score (nSPS) is 25.8. The molecule has 0 saturated carbocycles. The molecule has 104 valence electrons. The third-order valence-corrected chi connectivity index (χ3v) is 3.87. The largest absolute Gasteiger partial charge is 0.468 e. The Morgan fingerprint density at radius 3 is 2.74 bits per heavy atom. The van der Waals surface area contributed by atoms with Crippen molar-refractivity contribution in [1.82, 2.24) is 4.90 Å². The van der Waals surface area contributed by atoms with E-state index in [9.17, 15) is 9.90 Å². The van der Waals surface area contributed by atoms with Crippen LogP contribution < -0.4 is 0 Å². The van der Waals surface area contributed by atoms with E-state index in [1.807, 2.05) is 18.2 Å². The Labute approximate surface area is 114 Å². The summed E-state index contributed by atoms with van der Waals surface area (Å²) in [6.07, 6.45) is 0.734. The van der Waals surface area contributed by atoms with Gasteiger partial charge < -0.3 is 9.84 Å². The molecule has 1 fully saturated rings. The fraction of sp³-hybridized carbons (Fsp3) is 0.533. The maximum atomic E-state index is 11.9. The number of hydrogen-bond acceptors (Lipinski definition) is 4. The Morgan fingerprint density at radius 2 is 2.11 bits per heavy atom. The van der Waals surface area contributed by atoms with Crippen LogP contribution in [0.4, 0.5) is 0 Å². The van der Waals surface area contributed by atoms with Crippen LogP contribution in [0.25, 0.3) is 0 Å². The number of piperidine rings is 1. The number of ether oxygens (including phenoxy) is 1. The first-order valence-electron chi connectivity index (χ1n) is 6.70. The monoisotopic (exact) mass is 263 g/mol. The van der Waals surface area contributed by atoms with Gasteiger partial charge in [-0.2, -0.15) is 0 Å². The van der Waals surface area contributed by atoms with Crippen molar-refractivity contribution in [3.05, 3.63) is 35.9 Å². The van der Waals surface area contributed by atoms with Crippen molar-refractivity contribution in [2.75, 3.05) is 13.7 Å². The molecule has 1 saturated heterocycles. The summed E-state index contributed by atoms with van der Waals surface area (Å²) < 4.78 is 4.86. The number of carbonyl (C=O) groups is 1. The van der Waals surface area contributed by atoms with Crippen LogP contribution in [-0.2, 0) is 9.53 Å². The van der Waals surface area contributed by atoms with Gasteiger partial charge >= 0.3 is 5.97 Å². The Bertz CT molecular complexity index is 421. The first-order valence-corrected chi connectivity index (χ1v) is 6.70. The highest BCUT2D eigenvalue weighted by molar-refractivity contribution is 5.76. The van der Waals surface area contributed by atoms with Crippen LogP contribution in [-0.4, -0.2) is 41.8 Å². The van der Waals surface area contributed by atoms with Crippen LogP contribution in [0.3, 0.4) is 0 Å². The molecular formula is C15H21NO3. The smallest absolute Gasteiger partial charge is 0.323 e. The second kappa shape index (κ2) is 6.17. The third-order valence-electron chi connectivity index (χ3n) is 3.87. The van der Waals surface area contributed by atoms with Crippen molar-refractivity contribution in [3.8, 4) is 0 Å². The molecule has 1 heterocycles. The number of nitrogens with zero attached hydrogens (tertiary/aromatic N) is 1. The van der Waals surface area contributed by atoms with E-state index in [2.05, 4.69) is 24.0 Å². The van der Waals surface area contributed by atoms with E-state index >= 15 is 0 Å². The number of carbonyl (C=O) groups excluding carboxylic acids is 1. The number of aliphatic hydroxyl groups is 1. The van der Waals surface area contributed by atoms with E-state index in [0.29, 0.717) is 19.4 Å². The quantitative estimate of drug-likeness (QED) is 0.844. The first kappa shape index (κ1) is 14.0. The van der Waals surface area contributed by atoms with Crippen molar-refractivity contribution in [2.24, 2.45) is 0 Å². The minimum absolute atomic E-state index is 0.137. The Hall–Kier alpha value is -1.39. The summed E-state index contributed by atoms with van der Waals surface area (Å²) in [4.78, 5) is 14.0. The van der Waals surface area contributed by atoms with Gasteiger partial charge in [0.05, 0.1) is 13.2 Å². The van der Waals surface area contributed by atoms with E-state index in [4.69, 9.17) is 4.74 Å². The molecular weight excluding hydrogens is 242 g/mol. The summed E-state index contributed by atoms with van der Waals surface area (Å²) >= 11 is 0. The van der Waals surface area contributed by atoms with Gasteiger partial charge in [0.1, 0.15) is 6.04 Å². The van der Waals surface area contributed by atoms with Crippen LogP contribution in [0.1, 0.15) is 31.4 Å². The van der Waals surface area contributed by atoms with Crippen molar-refractivity contribution < 1.29 is 14.6 Å². The molecule has 3 atom stereocenters. The van der Waals surface area contributed by atoms with E-state index in [0.717, 1.165) is 0 Å². The molecule has 1 aromatic rings. The molecule has 0 amide bonds. The van der Waals surface area contributed by atoms with Gasteiger partial charge in [-0.1, -0.05) is 30.3 Å². The molecule has 19 heavy (non-hydrogen) atoms. The standard InChI is InChI=1S/C15H21NO3/c1-11(12-6-4-3-5-7-12)16-9-8-13(17)10-14(16)15(18)19-2/h3-7,11,13-14,17H,8-10H2,1-2H3/t11-,13-,14+/m0/s1. The summed E-state index contributed by atoms with van der Waals surface area (Å²) in [7, 11) is 1.40. The molecule has 0 unspecified atom stereocenters. The van der Waals surface area contributed by atoms with Crippen molar-refractivity contribution in [1.29, 1.82) is 0 Å². The number of likely N-dealkylation sites (tertiary alicyclic amines) is 1. The minimum Gasteiger partial charge on any atom is -0.468 e. The predicted octanol–water partition coefficient (Wildman–Crippen LogP) is 1.75. The summed E-state index contributed by atoms with van der Waals surface area (Å²) in [6.45, 7) is 2.79. The van der Waals surface area contributed by atoms with E-state index in [1.165, 1.54) is 12.7 Å². The summed E-state index contributed by atoms with van der Waals surface area (Å²) in [5, 5.41) is 9.76. The summed E-state index contributed by atoms with van der Waals surface area (Å²) in [6, 6.07) is 9.87. The van der Waals surface area contributed by atoms with E-state index < -0.39 is 6.10 Å². The lowest BCUT2D eigenvalue weighted by Crippen LogP contribution is -2.49. The number of benzene rings is 1. The maximum absolute atomic E-state index is 11.9. The lowest BCUT2D eigenvalue weighted by atomic mass is 9.95. The zero-order valence-electron chi connectivity index (χ0n) is 11.5. The van der Waals surface area contributed by atoms with Crippen LogP contribution in [0.2, 0.25) is 0 Å². The molecule has 1 aliphatic rings. The van der Waals surface area contributed by atoms with Gasteiger partial charge in [0.15, 0.2) is 0 Å². The van der Waals surface area contributed by atoms with Gasteiger partial charge in [-0.3, -0.25) is 9.69 Å². The highest BCUT2D eigenvalue weighted by Crippen LogP contribution is 2.28. The Kier molecular flexibility index (Phi) is 4.56. The highest BCUT2D eigenvalue weighted by Gasteiger charge is 2.36. The topological polar surface area (TPSA) is 49.8 Å². The van der Waals surface area contributed by atoms with Gasteiger partial charge in [0.2, 0.25) is 0 Å². The average molecular weight is 263 g/mol. The molecule has 0 spiro atoms. The van der Waals surface area contributed by atoms with Gasteiger partial charge in [-0.15, -0.1) is 0 Å². The number of rotatable bonds is 3. The minimum atomic E-state index is -0.414. The number of esters is 1. The molecule has 0 aliphatic carbocycles. The highest BCUT2D eigenvalue weighted by atomic mass is 16.5. The molecule has 1 aromatic carbocycles. The van der Waals surface area contributed by atoms with Crippen LogP contribution >= 0.6 is 0 Å². The second-order valence-corrected chi connectivity index (χ2v) is 5.04. The fourth-order valence-corrected chi connectivity index (χ4v) is 2.72. The molecule has 2 rings (SSSR count). The molecule has 4 heteroatoms. The maximum Gasteiger partial charge on any atom is 0.323 e.